The highest BCUT2D eigenvalue weighted by atomic mass is 16.5. The maximum Gasteiger partial charge on any atom is 0.407 e. The van der Waals surface area contributed by atoms with Crippen molar-refractivity contribution in [1.82, 2.24) is 10.3 Å². The zero-order valence-electron chi connectivity index (χ0n) is 19.0. The normalized spacial score (nSPS) is 10.9. The van der Waals surface area contributed by atoms with E-state index >= 15 is 0 Å². The van der Waals surface area contributed by atoms with Gasteiger partial charge in [0.1, 0.15) is 12.4 Å². The van der Waals surface area contributed by atoms with Gasteiger partial charge in [0, 0.05) is 23.5 Å². The number of methoxy groups -OCH3 is 1. The first-order valence-electron chi connectivity index (χ1n) is 10.5. The highest BCUT2D eigenvalue weighted by Crippen LogP contribution is 2.37. The second-order valence-corrected chi connectivity index (χ2v) is 7.93. The SMILES string of the molecule is CNC(=O)OCc1cccc(Nc2c3cc(C)c(C)cc3nc3cc(C)c(OC)cc23)c1. The van der Waals surface area contributed by atoms with Gasteiger partial charge in [-0.15, -0.1) is 0 Å². The molecule has 0 spiro atoms. The summed E-state index contributed by atoms with van der Waals surface area (Å²) in [7, 11) is 3.22. The molecule has 0 fully saturated rings. The van der Waals surface area contributed by atoms with Gasteiger partial charge in [-0.05, 0) is 79.4 Å². The van der Waals surface area contributed by atoms with Crippen LogP contribution in [0.4, 0.5) is 16.2 Å². The molecular formula is C26H27N3O3. The lowest BCUT2D eigenvalue weighted by Gasteiger charge is -2.17. The zero-order valence-corrected chi connectivity index (χ0v) is 19.0. The van der Waals surface area contributed by atoms with Crippen molar-refractivity contribution in [1.29, 1.82) is 0 Å². The summed E-state index contributed by atoms with van der Waals surface area (Å²) in [6.45, 7) is 6.42. The molecule has 3 aromatic carbocycles. The van der Waals surface area contributed by atoms with E-state index in [0.29, 0.717) is 0 Å². The van der Waals surface area contributed by atoms with Crippen LogP contribution in [0.1, 0.15) is 22.3 Å². The van der Waals surface area contributed by atoms with Crippen LogP contribution in [-0.2, 0) is 11.3 Å². The summed E-state index contributed by atoms with van der Waals surface area (Å²) in [6.07, 6.45) is -0.456. The minimum atomic E-state index is -0.456. The van der Waals surface area contributed by atoms with Crippen LogP contribution in [0.15, 0.2) is 48.5 Å². The van der Waals surface area contributed by atoms with Gasteiger partial charge in [0.25, 0.3) is 0 Å². The molecule has 0 saturated heterocycles. The van der Waals surface area contributed by atoms with Gasteiger partial charge in [-0.3, -0.25) is 0 Å². The molecule has 164 valence electrons. The number of alkyl carbamates (subject to hydrolysis) is 1. The number of ether oxygens (including phenoxy) is 2. The monoisotopic (exact) mass is 429 g/mol. The van der Waals surface area contributed by atoms with Crippen molar-refractivity contribution < 1.29 is 14.3 Å². The second kappa shape index (κ2) is 8.75. The third-order valence-electron chi connectivity index (χ3n) is 5.68. The van der Waals surface area contributed by atoms with Crippen LogP contribution < -0.4 is 15.4 Å². The fourth-order valence-electron chi connectivity index (χ4n) is 3.79. The van der Waals surface area contributed by atoms with E-state index in [-0.39, 0.29) is 6.61 Å². The fraction of sp³-hybridized carbons (Fsp3) is 0.231. The van der Waals surface area contributed by atoms with Crippen LogP contribution >= 0.6 is 0 Å². The zero-order chi connectivity index (χ0) is 22.8. The summed E-state index contributed by atoms with van der Waals surface area (Å²) >= 11 is 0. The number of carbonyl (C=O) groups is 1. The van der Waals surface area contributed by atoms with Gasteiger partial charge in [-0.1, -0.05) is 12.1 Å². The molecule has 32 heavy (non-hydrogen) atoms. The van der Waals surface area contributed by atoms with Crippen molar-refractivity contribution in [3.8, 4) is 5.75 Å². The fourth-order valence-corrected chi connectivity index (χ4v) is 3.79. The lowest BCUT2D eigenvalue weighted by molar-refractivity contribution is 0.142. The molecular weight excluding hydrogens is 402 g/mol. The number of amides is 1. The van der Waals surface area contributed by atoms with E-state index in [1.165, 1.54) is 11.1 Å². The van der Waals surface area contributed by atoms with Crippen molar-refractivity contribution in [2.75, 3.05) is 19.5 Å². The number of fused-ring (bicyclic) bond motifs is 2. The van der Waals surface area contributed by atoms with E-state index < -0.39 is 6.09 Å². The molecule has 0 aliphatic rings. The highest BCUT2D eigenvalue weighted by Gasteiger charge is 2.14. The van der Waals surface area contributed by atoms with Crippen LogP contribution in [-0.4, -0.2) is 25.2 Å². The first-order valence-corrected chi connectivity index (χ1v) is 10.5. The summed E-state index contributed by atoms with van der Waals surface area (Å²) in [5.74, 6) is 0.818. The van der Waals surface area contributed by atoms with Crippen LogP contribution in [0.5, 0.6) is 5.75 Å². The van der Waals surface area contributed by atoms with E-state index in [1.807, 2.05) is 37.3 Å². The highest BCUT2D eigenvalue weighted by molar-refractivity contribution is 6.09. The molecule has 0 radical (unpaired) electrons. The average Bonchev–Trinajstić information content (AvgIpc) is 2.78. The Morgan fingerprint density at radius 1 is 0.938 bits per heavy atom. The predicted molar refractivity (Wildman–Crippen MR) is 129 cm³/mol. The summed E-state index contributed by atoms with van der Waals surface area (Å²) in [4.78, 5) is 16.4. The van der Waals surface area contributed by atoms with E-state index in [4.69, 9.17) is 14.5 Å². The van der Waals surface area contributed by atoms with Gasteiger partial charge in [0.05, 0.1) is 23.8 Å². The standard InChI is InChI=1S/C26H27N3O3/c1-15-9-20-22(10-16(15)2)29-23-11-17(3)24(31-5)13-21(23)25(20)28-19-8-6-7-18(12-19)14-32-26(30)27-4/h6-13H,14H2,1-5H3,(H,27,30)(H,28,29). The smallest absolute Gasteiger partial charge is 0.407 e. The van der Waals surface area contributed by atoms with E-state index in [0.717, 1.165) is 50.1 Å². The lowest BCUT2D eigenvalue weighted by atomic mass is 10.0. The number of carbonyl (C=O) groups excluding carboxylic acids is 1. The predicted octanol–water partition coefficient (Wildman–Crippen LogP) is 5.92. The molecule has 4 rings (SSSR count). The molecule has 1 aromatic heterocycles. The van der Waals surface area contributed by atoms with Gasteiger partial charge in [-0.25, -0.2) is 9.78 Å². The largest absolute Gasteiger partial charge is 0.496 e. The number of benzene rings is 3. The quantitative estimate of drug-likeness (QED) is 0.385. The Hall–Kier alpha value is -3.80. The number of aromatic nitrogens is 1. The molecule has 1 heterocycles. The Morgan fingerprint density at radius 2 is 1.62 bits per heavy atom. The van der Waals surface area contributed by atoms with Crippen LogP contribution in [0.2, 0.25) is 0 Å². The summed E-state index contributed by atoms with van der Waals surface area (Å²) in [5, 5.41) is 8.08. The Bertz CT molecular complexity index is 1330. The number of anilines is 2. The third-order valence-corrected chi connectivity index (χ3v) is 5.68. The summed E-state index contributed by atoms with van der Waals surface area (Å²) in [5.41, 5.74) is 8.04. The Labute approximate surface area is 187 Å². The number of hydrogen-bond acceptors (Lipinski definition) is 5. The van der Waals surface area contributed by atoms with Gasteiger partial charge >= 0.3 is 6.09 Å². The van der Waals surface area contributed by atoms with Gasteiger partial charge in [0.2, 0.25) is 0 Å². The maximum atomic E-state index is 11.4. The number of nitrogens with zero attached hydrogens (tertiary/aromatic N) is 1. The van der Waals surface area contributed by atoms with Gasteiger partial charge in [0.15, 0.2) is 0 Å². The van der Waals surface area contributed by atoms with Crippen molar-refractivity contribution in [2.24, 2.45) is 0 Å². The molecule has 0 unspecified atom stereocenters. The molecule has 4 aromatic rings. The molecule has 2 N–H and O–H groups in total. The number of hydrogen-bond donors (Lipinski definition) is 2. The van der Waals surface area contributed by atoms with Crippen molar-refractivity contribution in [2.45, 2.75) is 27.4 Å². The lowest BCUT2D eigenvalue weighted by Crippen LogP contribution is -2.18. The van der Waals surface area contributed by atoms with E-state index in [9.17, 15) is 4.79 Å². The second-order valence-electron chi connectivity index (χ2n) is 7.93. The topological polar surface area (TPSA) is 72.5 Å². The van der Waals surface area contributed by atoms with Gasteiger partial charge in [-0.2, -0.15) is 0 Å². The summed E-state index contributed by atoms with van der Waals surface area (Å²) < 4.78 is 10.8. The molecule has 0 saturated carbocycles. The number of rotatable bonds is 5. The van der Waals surface area contributed by atoms with E-state index in [1.54, 1.807) is 14.2 Å². The van der Waals surface area contributed by atoms with Crippen LogP contribution in [0.25, 0.3) is 21.8 Å². The van der Waals surface area contributed by atoms with Crippen molar-refractivity contribution in [3.63, 3.8) is 0 Å². The van der Waals surface area contributed by atoms with Crippen molar-refractivity contribution >= 4 is 39.3 Å². The number of pyridine rings is 1. The van der Waals surface area contributed by atoms with Crippen molar-refractivity contribution in [3.05, 3.63) is 70.8 Å². The Kier molecular flexibility index (Phi) is 5.86. The van der Waals surface area contributed by atoms with Gasteiger partial charge < -0.3 is 20.1 Å². The molecule has 6 heteroatoms. The third kappa shape index (κ3) is 4.17. The van der Waals surface area contributed by atoms with E-state index in [2.05, 4.69) is 42.7 Å². The van der Waals surface area contributed by atoms with Crippen LogP contribution in [0.3, 0.4) is 0 Å². The average molecular weight is 430 g/mol. The maximum absolute atomic E-state index is 11.4. The molecule has 0 aliphatic carbocycles. The molecule has 6 nitrogen and oxygen atoms in total. The number of nitrogens with one attached hydrogen (secondary N) is 2. The molecule has 1 amide bonds. The molecule has 0 aliphatic heterocycles. The first kappa shape index (κ1) is 21.4. The summed E-state index contributed by atoms with van der Waals surface area (Å²) in [6, 6.07) is 16.2. The minimum Gasteiger partial charge on any atom is -0.496 e. The number of aryl methyl sites for hydroxylation is 3. The molecule has 0 atom stereocenters. The van der Waals surface area contributed by atoms with Crippen LogP contribution in [0, 0.1) is 20.8 Å². The Balaban J connectivity index is 1.86. The minimum absolute atomic E-state index is 0.193. The molecule has 0 bridgehead atoms. The Morgan fingerprint density at radius 3 is 2.34 bits per heavy atom. The first-order chi connectivity index (χ1) is 15.4.